The Morgan fingerprint density at radius 2 is 2.26 bits per heavy atom. The van der Waals surface area contributed by atoms with Gasteiger partial charge in [0.05, 0.1) is 5.69 Å². The monoisotopic (exact) mass is 273 g/mol. The van der Waals surface area contributed by atoms with Crippen LogP contribution in [0.5, 0.6) is 0 Å². The van der Waals surface area contributed by atoms with Gasteiger partial charge in [-0.2, -0.15) is 0 Å². The topological polar surface area (TPSA) is 46.1 Å². The van der Waals surface area contributed by atoms with Crippen molar-refractivity contribution in [2.75, 3.05) is 4.90 Å². The Labute approximate surface area is 116 Å². The van der Waals surface area contributed by atoms with Crippen LogP contribution in [0.3, 0.4) is 0 Å². The summed E-state index contributed by atoms with van der Waals surface area (Å²) in [5.74, 6) is 0.0318. The Bertz CT molecular complexity index is 623. The van der Waals surface area contributed by atoms with E-state index < -0.39 is 0 Å². The van der Waals surface area contributed by atoms with E-state index in [1.165, 1.54) is 17.1 Å². The second-order valence-electron chi connectivity index (χ2n) is 4.76. The van der Waals surface area contributed by atoms with Crippen molar-refractivity contribution in [2.45, 2.75) is 32.7 Å². The van der Waals surface area contributed by atoms with Crippen LogP contribution < -0.4 is 4.90 Å². The van der Waals surface area contributed by atoms with E-state index in [1.807, 2.05) is 30.0 Å². The Kier molecular flexibility index (Phi) is 3.06. The molecule has 1 amide bonds. The molecule has 1 aliphatic rings. The molecule has 0 bridgehead atoms. The number of anilines is 1. The first-order valence-electron chi connectivity index (χ1n) is 6.45. The Hall–Kier alpha value is -1.75. The molecule has 0 fully saturated rings. The molecule has 5 heteroatoms. The average Bonchev–Trinajstić information content (AvgIpc) is 3.00. The molecule has 1 aromatic heterocycles. The lowest BCUT2D eigenvalue weighted by atomic mass is 10.1. The third-order valence-corrected chi connectivity index (χ3v) is 4.27. The molecule has 1 aromatic carbocycles. The minimum absolute atomic E-state index is 0.0318. The zero-order valence-electron chi connectivity index (χ0n) is 11.0. The van der Waals surface area contributed by atoms with Crippen LogP contribution in [0.4, 0.5) is 5.69 Å². The van der Waals surface area contributed by atoms with Gasteiger partial charge in [-0.05, 0) is 42.9 Å². The molecule has 0 aliphatic carbocycles. The zero-order valence-corrected chi connectivity index (χ0v) is 11.8. The standard InChI is InChI=1S/C14H15N3OS/c1-3-11-13(19-16-15-11)14(18)17-9(2)8-10-6-4-5-7-12(10)17/h4-7,9H,3,8H2,1-2H3. The van der Waals surface area contributed by atoms with E-state index in [1.54, 1.807) is 0 Å². The smallest absolute Gasteiger partial charge is 0.272 e. The Morgan fingerprint density at radius 3 is 3.05 bits per heavy atom. The molecule has 1 aliphatic heterocycles. The molecule has 3 rings (SSSR count). The third kappa shape index (κ3) is 1.94. The number of nitrogens with zero attached hydrogens (tertiary/aromatic N) is 3. The second kappa shape index (κ2) is 4.74. The van der Waals surface area contributed by atoms with Gasteiger partial charge in [-0.15, -0.1) is 5.10 Å². The number of amides is 1. The Morgan fingerprint density at radius 1 is 1.47 bits per heavy atom. The number of para-hydroxylation sites is 1. The predicted molar refractivity (Wildman–Crippen MR) is 75.7 cm³/mol. The van der Waals surface area contributed by atoms with E-state index in [0.29, 0.717) is 4.88 Å². The molecule has 4 nitrogen and oxygen atoms in total. The highest BCUT2D eigenvalue weighted by molar-refractivity contribution is 7.08. The summed E-state index contributed by atoms with van der Waals surface area (Å²) in [4.78, 5) is 15.3. The molecule has 1 atom stereocenters. The van der Waals surface area contributed by atoms with Crippen LogP contribution in [0.25, 0.3) is 0 Å². The number of hydrogen-bond donors (Lipinski definition) is 0. The molecule has 2 aromatic rings. The number of benzene rings is 1. The molecule has 0 saturated carbocycles. The fraction of sp³-hybridized carbons (Fsp3) is 0.357. The molecule has 19 heavy (non-hydrogen) atoms. The third-order valence-electron chi connectivity index (χ3n) is 3.51. The fourth-order valence-corrected chi connectivity index (χ4v) is 3.27. The van der Waals surface area contributed by atoms with Crippen molar-refractivity contribution in [1.82, 2.24) is 9.59 Å². The maximum atomic E-state index is 12.7. The number of aromatic nitrogens is 2. The van der Waals surface area contributed by atoms with Crippen LogP contribution in [-0.2, 0) is 12.8 Å². The SMILES string of the molecule is CCc1nnsc1C(=O)N1c2ccccc2CC1C. The summed E-state index contributed by atoms with van der Waals surface area (Å²) in [7, 11) is 0. The van der Waals surface area contributed by atoms with Crippen molar-refractivity contribution < 1.29 is 4.79 Å². The van der Waals surface area contributed by atoms with Crippen molar-refractivity contribution in [3.05, 3.63) is 40.4 Å². The van der Waals surface area contributed by atoms with Crippen LogP contribution in [0.2, 0.25) is 0 Å². The molecule has 0 radical (unpaired) electrons. The number of hydrogen-bond acceptors (Lipinski definition) is 4. The molecule has 0 saturated heterocycles. The highest BCUT2D eigenvalue weighted by Gasteiger charge is 2.33. The minimum atomic E-state index is 0.0318. The predicted octanol–water partition coefficient (Wildman–Crippen LogP) is 2.69. The highest BCUT2D eigenvalue weighted by Crippen LogP contribution is 2.33. The summed E-state index contributed by atoms with van der Waals surface area (Å²) in [6.07, 6.45) is 1.65. The lowest BCUT2D eigenvalue weighted by molar-refractivity contribution is 0.0984. The molecule has 1 unspecified atom stereocenters. The summed E-state index contributed by atoms with van der Waals surface area (Å²) in [6, 6.07) is 8.28. The van der Waals surface area contributed by atoms with Gasteiger partial charge in [-0.3, -0.25) is 4.79 Å². The van der Waals surface area contributed by atoms with Crippen LogP contribution in [-0.4, -0.2) is 21.5 Å². The van der Waals surface area contributed by atoms with E-state index in [2.05, 4.69) is 22.6 Å². The van der Waals surface area contributed by atoms with E-state index in [4.69, 9.17) is 0 Å². The lowest BCUT2D eigenvalue weighted by Gasteiger charge is -2.22. The number of rotatable bonds is 2. The van der Waals surface area contributed by atoms with Gasteiger partial charge in [0.2, 0.25) is 0 Å². The van der Waals surface area contributed by atoms with Crippen molar-refractivity contribution in [2.24, 2.45) is 0 Å². The largest absolute Gasteiger partial charge is 0.304 e. The molecular formula is C14H15N3OS. The fourth-order valence-electron chi connectivity index (χ4n) is 2.59. The van der Waals surface area contributed by atoms with Gasteiger partial charge in [0, 0.05) is 11.7 Å². The van der Waals surface area contributed by atoms with Gasteiger partial charge < -0.3 is 4.90 Å². The van der Waals surface area contributed by atoms with Crippen molar-refractivity contribution in [3.8, 4) is 0 Å². The van der Waals surface area contributed by atoms with Crippen molar-refractivity contribution in [3.63, 3.8) is 0 Å². The van der Waals surface area contributed by atoms with Crippen LogP contribution in [0.15, 0.2) is 24.3 Å². The second-order valence-corrected chi connectivity index (χ2v) is 5.51. The highest BCUT2D eigenvalue weighted by atomic mass is 32.1. The number of fused-ring (bicyclic) bond motifs is 1. The minimum Gasteiger partial charge on any atom is -0.304 e. The number of carbonyl (C=O) groups is 1. The first-order chi connectivity index (χ1) is 9.22. The molecule has 0 spiro atoms. The van der Waals surface area contributed by atoms with Gasteiger partial charge in [0.25, 0.3) is 5.91 Å². The molecule has 0 N–H and O–H groups in total. The van der Waals surface area contributed by atoms with E-state index in [-0.39, 0.29) is 11.9 Å². The molecule has 2 heterocycles. The Balaban J connectivity index is 2.01. The van der Waals surface area contributed by atoms with Gasteiger partial charge >= 0.3 is 0 Å². The number of carbonyl (C=O) groups excluding carboxylic acids is 1. The summed E-state index contributed by atoms with van der Waals surface area (Å²) in [6.45, 7) is 4.08. The summed E-state index contributed by atoms with van der Waals surface area (Å²) < 4.78 is 3.91. The molecular weight excluding hydrogens is 258 g/mol. The maximum Gasteiger partial charge on any atom is 0.272 e. The number of aryl methyl sites for hydroxylation is 1. The first-order valence-corrected chi connectivity index (χ1v) is 7.22. The molecule has 98 valence electrons. The van der Waals surface area contributed by atoms with Crippen molar-refractivity contribution in [1.29, 1.82) is 0 Å². The van der Waals surface area contributed by atoms with Crippen molar-refractivity contribution >= 4 is 23.1 Å². The summed E-state index contributed by atoms with van der Waals surface area (Å²) in [5, 5.41) is 4.03. The summed E-state index contributed by atoms with van der Waals surface area (Å²) in [5.41, 5.74) is 3.06. The average molecular weight is 273 g/mol. The summed E-state index contributed by atoms with van der Waals surface area (Å²) >= 11 is 1.19. The first kappa shape index (κ1) is 12.3. The van der Waals surface area contributed by atoms with Gasteiger partial charge in [0.1, 0.15) is 4.88 Å². The lowest BCUT2D eigenvalue weighted by Crippen LogP contribution is -2.35. The van der Waals surface area contributed by atoms with Gasteiger partial charge in [-0.1, -0.05) is 29.6 Å². The van der Waals surface area contributed by atoms with E-state index in [0.717, 1.165) is 24.2 Å². The quantitative estimate of drug-likeness (QED) is 0.845. The zero-order chi connectivity index (χ0) is 13.4. The van der Waals surface area contributed by atoms with E-state index >= 15 is 0 Å². The normalized spacial score (nSPS) is 17.6. The van der Waals surface area contributed by atoms with Gasteiger partial charge in [-0.25, -0.2) is 0 Å². The van der Waals surface area contributed by atoms with Crippen LogP contribution in [0, 0.1) is 0 Å². The van der Waals surface area contributed by atoms with Crippen LogP contribution in [0.1, 0.15) is 34.8 Å². The maximum absolute atomic E-state index is 12.7. The van der Waals surface area contributed by atoms with Crippen LogP contribution >= 0.6 is 11.5 Å². The van der Waals surface area contributed by atoms with Gasteiger partial charge in [0.15, 0.2) is 0 Å². The van der Waals surface area contributed by atoms with E-state index in [9.17, 15) is 4.79 Å².